The molecule has 1 heteroatoms. The van der Waals surface area contributed by atoms with Gasteiger partial charge >= 0.3 is 0 Å². The van der Waals surface area contributed by atoms with E-state index in [1.54, 1.807) is 0 Å². The van der Waals surface area contributed by atoms with Crippen LogP contribution in [0.5, 0.6) is 0 Å². The summed E-state index contributed by atoms with van der Waals surface area (Å²) in [4.78, 5) is 0. The van der Waals surface area contributed by atoms with Gasteiger partial charge in [0.2, 0.25) is 0 Å². The first-order chi connectivity index (χ1) is 5.72. The van der Waals surface area contributed by atoms with Gasteiger partial charge in [-0.15, -0.1) is 0 Å². The predicted molar refractivity (Wildman–Crippen MR) is 50.5 cm³/mol. The molecule has 0 aromatic carbocycles. The minimum absolute atomic E-state index is 0.674. The Labute approximate surface area is 75.1 Å². The van der Waals surface area contributed by atoms with E-state index >= 15 is 0 Å². The standard InChI is InChI=1S/C11H17N/c1-9-4-3-5-11(6-9)7-10(2)8-12/h7,9,11H,3-6H2,1-2H3/b10-7+. The van der Waals surface area contributed by atoms with E-state index in [0.29, 0.717) is 5.92 Å². The van der Waals surface area contributed by atoms with Crippen LogP contribution in [-0.4, -0.2) is 0 Å². The summed E-state index contributed by atoms with van der Waals surface area (Å²) in [5, 5.41) is 8.61. The molecule has 66 valence electrons. The molecule has 0 N–H and O–H groups in total. The van der Waals surface area contributed by atoms with Crippen molar-refractivity contribution in [3.05, 3.63) is 11.6 Å². The normalized spacial score (nSPS) is 31.2. The number of rotatable bonds is 1. The molecule has 0 spiro atoms. The molecule has 1 aliphatic rings. The van der Waals surface area contributed by atoms with E-state index in [9.17, 15) is 0 Å². The highest BCUT2D eigenvalue weighted by Gasteiger charge is 2.16. The van der Waals surface area contributed by atoms with E-state index in [4.69, 9.17) is 5.26 Å². The summed E-state index contributed by atoms with van der Waals surface area (Å²) in [6.07, 6.45) is 7.41. The Balaban J connectivity index is 2.48. The minimum atomic E-state index is 0.674. The van der Waals surface area contributed by atoms with Crippen LogP contribution in [0.2, 0.25) is 0 Å². The minimum Gasteiger partial charge on any atom is -0.193 e. The molecule has 0 radical (unpaired) electrons. The summed E-state index contributed by atoms with van der Waals surface area (Å²) in [7, 11) is 0. The molecule has 2 atom stereocenters. The van der Waals surface area contributed by atoms with E-state index < -0.39 is 0 Å². The molecule has 0 aromatic heterocycles. The van der Waals surface area contributed by atoms with Gasteiger partial charge in [-0.1, -0.05) is 25.8 Å². The van der Waals surface area contributed by atoms with Gasteiger partial charge in [-0.25, -0.2) is 0 Å². The van der Waals surface area contributed by atoms with Crippen LogP contribution < -0.4 is 0 Å². The van der Waals surface area contributed by atoms with Crippen LogP contribution in [0.15, 0.2) is 11.6 Å². The average Bonchev–Trinajstić information content (AvgIpc) is 2.04. The number of nitriles is 1. The number of allylic oxidation sites excluding steroid dienone is 2. The number of hydrogen-bond acceptors (Lipinski definition) is 1. The monoisotopic (exact) mass is 163 g/mol. The SMILES string of the molecule is C/C(C#N)=C\C1CCCC(C)C1. The van der Waals surface area contributed by atoms with Gasteiger partial charge in [-0.2, -0.15) is 5.26 Å². The molecule has 12 heavy (non-hydrogen) atoms. The third-order valence-electron chi connectivity index (χ3n) is 2.64. The van der Waals surface area contributed by atoms with Crippen LogP contribution in [0.25, 0.3) is 0 Å². The summed E-state index contributed by atoms with van der Waals surface area (Å²) in [5.74, 6) is 1.53. The molecule has 1 aliphatic carbocycles. The van der Waals surface area contributed by atoms with E-state index in [2.05, 4.69) is 19.1 Å². The fraction of sp³-hybridized carbons (Fsp3) is 0.727. The fourth-order valence-corrected chi connectivity index (χ4v) is 2.02. The van der Waals surface area contributed by atoms with Crippen molar-refractivity contribution in [3.63, 3.8) is 0 Å². The Hall–Kier alpha value is -0.770. The maximum atomic E-state index is 8.61. The summed E-state index contributed by atoms with van der Waals surface area (Å²) in [6.45, 7) is 4.21. The van der Waals surface area contributed by atoms with Gasteiger partial charge in [0.15, 0.2) is 0 Å². The Bertz CT molecular complexity index is 210. The first kappa shape index (κ1) is 9.32. The molecule has 1 rings (SSSR count). The zero-order valence-electron chi connectivity index (χ0n) is 8.01. The van der Waals surface area contributed by atoms with Gasteiger partial charge in [-0.3, -0.25) is 0 Å². The van der Waals surface area contributed by atoms with Crippen molar-refractivity contribution < 1.29 is 0 Å². The lowest BCUT2D eigenvalue weighted by Gasteiger charge is -2.24. The third-order valence-corrected chi connectivity index (χ3v) is 2.64. The molecule has 0 amide bonds. The predicted octanol–water partition coefficient (Wildman–Crippen LogP) is 3.28. The van der Waals surface area contributed by atoms with E-state index in [0.717, 1.165) is 11.5 Å². The highest BCUT2D eigenvalue weighted by atomic mass is 14.3. The molecule has 1 saturated carbocycles. The Morgan fingerprint density at radius 1 is 1.50 bits per heavy atom. The molecule has 0 saturated heterocycles. The Kier molecular flexibility index (Phi) is 3.34. The lowest BCUT2D eigenvalue weighted by molar-refractivity contribution is 0.324. The summed E-state index contributed by atoms with van der Waals surface area (Å²) in [5.41, 5.74) is 0.883. The molecule has 0 heterocycles. The Morgan fingerprint density at radius 3 is 2.83 bits per heavy atom. The van der Waals surface area contributed by atoms with Gasteiger partial charge in [0, 0.05) is 5.57 Å². The zero-order chi connectivity index (χ0) is 8.97. The first-order valence-electron chi connectivity index (χ1n) is 4.81. The van der Waals surface area contributed by atoms with Gasteiger partial charge in [0.1, 0.15) is 0 Å². The maximum Gasteiger partial charge on any atom is 0.0940 e. The average molecular weight is 163 g/mol. The fourth-order valence-electron chi connectivity index (χ4n) is 2.02. The van der Waals surface area contributed by atoms with E-state index in [1.807, 2.05) is 6.92 Å². The van der Waals surface area contributed by atoms with Crippen LogP contribution in [0.3, 0.4) is 0 Å². The van der Waals surface area contributed by atoms with Crippen molar-refractivity contribution in [2.75, 3.05) is 0 Å². The molecule has 0 bridgehead atoms. The van der Waals surface area contributed by atoms with Crippen molar-refractivity contribution in [3.8, 4) is 6.07 Å². The lowest BCUT2D eigenvalue weighted by Crippen LogP contribution is -2.11. The second-order valence-electron chi connectivity index (χ2n) is 3.99. The van der Waals surface area contributed by atoms with Crippen molar-refractivity contribution in [2.45, 2.75) is 39.5 Å². The summed E-state index contributed by atoms with van der Waals surface area (Å²) >= 11 is 0. The van der Waals surface area contributed by atoms with Crippen molar-refractivity contribution in [1.29, 1.82) is 5.26 Å². The quantitative estimate of drug-likeness (QED) is 0.544. The van der Waals surface area contributed by atoms with Crippen molar-refractivity contribution >= 4 is 0 Å². The van der Waals surface area contributed by atoms with Crippen molar-refractivity contribution in [1.82, 2.24) is 0 Å². The highest BCUT2D eigenvalue weighted by molar-refractivity contribution is 5.18. The molecular weight excluding hydrogens is 146 g/mol. The molecule has 0 aromatic rings. The lowest BCUT2D eigenvalue weighted by atomic mass is 9.82. The van der Waals surface area contributed by atoms with Gasteiger partial charge in [0.25, 0.3) is 0 Å². The number of hydrogen-bond donors (Lipinski definition) is 0. The largest absolute Gasteiger partial charge is 0.193 e. The molecule has 1 fully saturated rings. The smallest absolute Gasteiger partial charge is 0.0940 e. The molecule has 0 aliphatic heterocycles. The second kappa shape index (κ2) is 4.30. The number of nitrogens with zero attached hydrogens (tertiary/aromatic N) is 1. The second-order valence-corrected chi connectivity index (χ2v) is 3.99. The van der Waals surface area contributed by atoms with Gasteiger partial charge in [0.05, 0.1) is 6.07 Å². The first-order valence-corrected chi connectivity index (χ1v) is 4.81. The third kappa shape index (κ3) is 2.70. The van der Waals surface area contributed by atoms with E-state index in [-0.39, 0.29) is 0 Å². The molecule has 2 unspecified atom stereocenters. The van der Waals surface area contributed by atoms with Gasteiger partial charge < -0.3 is 0 Å². The topological polar surface area (TPSA) is 23.8 Å². The van der Waals surface area contributed by atoms with E-state index in [1.165, 1.54) is 25.7 Å². The van der Waals surface area contributed by atoms with Crippen LogP contribution in [0.4, 0.5) is 0 Å². The van der Waals surface area contributed by atoms with Gasteiger partial charge in [-0.05, 0) is 31.6 Å². The van der Waals surface area contributed by atoms with Crippen LogP contribution in [0, 0.1) is 23.2 Å². The zero-order valence-corrected chi connectivity index (χ0v) is 8.01. The van der Waals surface area contributed by atoms with Crippen molar-refractivity contribution in [2.24, 2.45) is 11.8 Å². The van der Waals surface area contributed by atoms with Crippen LogP contribution in [-0.2, 0) is 0 Å². The maximum absolute atomic E-state index is 8.61. The van der Waals surface area contributed by atoms with Crippen LogP contribution in [0.1, 0.15) is 39.5 Å². The highest BCUT2D eigenvalue weighted by Crippen LogP contribution is 2.29. The summed E-state index contributed by atoms with van der Waals surface area (Å²) < 4.78 is 0. The van der Waals surface area contributed by atoms with Crippen LogP contribution >= 0.6 is 0 Å². The Morgan fingerprint density at radius 2 is 2.25 bits per heavy atom. The summed E-state index contributed by atoms with van der Waals surface area (Å²) in [6, 6.07) is 2.19. The molecular formula is C11H17N. The molecule has 1 nitrogen and oxygen atoms in total.